The SMILES string of the molecule is Cc1ccc(F)c([C@@H](N)[C@@H](O)Cc2ccccc2)c1F. The Hall–Kier alpha value is -1.78. The Balaban J connectivity index is 2.23. The van der Waals surface area contributed by atoms with E-state index in [-0.39, 0.29) is 12.0 Å². The average Bonchev–Trinajstić information content (AvgIpc) is 2.44. The highest BCUT2D eigenvalue weighted by Gasteiger charge is 2.24. The summed E-state index contributed by atoms with van der Waals surface area (Å²) in [6.45, 7) is 1.54. The molecule has 2 aromatic rings. The fourth-order valence-electron chi connectivity index (χ4n) is 2.16. The number of nitrogens with two attached hydrogens (primary N) is 1. The molecule has 0 fully saturated rings. The molecule has 2 atom stereocenters. The number of hydrogen-bond acceptors (Lipinski definition) is 2. The van der Waals surface area contributed by atoms with Crippen LogP contribution in [0.1, 0.15) is 22.7 Å². The second-order valence-electron chi connectivity index (χ2n) is 4.87. The molecule has 3 N–H and O–H groups in total. The molecule has 2 rings (SSSR count). The van der Waals surface area contributed by atoms with Crippen molar-refractivity contribution in [1.82, 2.24) is 0 Å². The molecular formula is C16H17F2NO. The van der Waals surface area contributed by atoms with Crippen molar-refractivity contribution in [1.29, 1.82) is 0 Å². The summed E-state index contributed by atoms with van der Waals surface area (Å²) in [5, 5.41) is 10.1. The zero-order valence-corrected chi connectivity index (χ0v) is 11.2. The highest BCUT2D eigenvalue weighted by Crippen LogP contribution is 2.25. The van der Waals surface area contributed by atoms with Gasteiger partial charge in [0.15, 0.2) is 0 Å². The standard InChI is InChI=1S/C16H17F2NO/c1-10-7-8-12(17)14(15(10)18)16(19)13(20)9-11-5-3-2-4-6-11/h2-8,13,16,20H,9,19H2,1H3/t13-,16-/m0/s1. The van der Waals surface area contributed by atoms with E-state index >= 15 is 0 Å². The van der Waals surface area contributed by atoms with Gasteiger partial charge in [-0.15, -0.1) is 0 Å². The van der Waals surface area contributed by atoms with E-state index in [1.165, 1.54) is 19.1 Å². The lowest BCUT2D eigenvalue weighted by atomic mass is 9.95. The van der Waals surface area contributed by atoms with Crippen LogP contribution < -0.4 is 5.73 Å². The summed E-state index contributed by atoms with van der Waals surface area (Å²) in [6.07, 6.45) is -0.808. The Labute approximate surface area is 116 Å². The van der Waals surface area contributed by atoms with E-state index in [9.17, 15) is 13.9 Å². The average molecular weight is 277 g/mol. The molecule has 0 aromatic heterocycles. The van der Waals surface area contributed by atoms with Crippen LogP contribution in [0.15, 0.2) is 42.5 Å². The number of aliphatic hydroxyl groups is 1. The summed E-state index contributed by atoms with van der Waals surface area (Å²) < 4.78 is 27.7. The summed E-state index contributed by atoms with van der Waals surface area (Å²) in [4.78, 5) is 0. The Morgan fingerprint density at radius 1 is 1.10 bits per heavy atom. The largest absolute Gasteiger partial charge is 0.391 e. The van der Waals surface area contributed by atoms with Crippen LogP contribution in [0.5, 0.6) is 0 Å². The minimum Gasteiger partial charge on any atom is -0.391 e. The number of aliphatic hydroxyl groups excluding tert-OH is 1. The lowest BCUT2D eigenvalue weighted by molar-refractivity contribution is 0.141. The maximum atomic E-state index is 14.0. The third-order valence-electron chi connectivity index (χ3n) is 3.36. The Morgan fingerprint density at radius 2 is 1.75 bits per heavy atom. The fraction of sp³-hybridized carbons (Fsp3) is 0.250. The van der Waals surface area contributed by atoms with Crippen molar-refractivity contribution >= 4 is 0 Å². The minimum absolute atomic E-state index is 0.245. The molecule has 2 aromatic carbocycles. The molecule has 0 bridgehead atoms. The molecule has 0 aliphatic rings. The molecule has 0 aliphatic carbocycles. The first kappa shape index (κ1) is 14.6. The van der Waals surface area contributed by atoms with Crippen molar-refractivity contribution < 1.29 is 13.9 Å². The molecular weight excluding hydrogens is 260 g/mol. The van der Waals surface area contributed by atoms with Crippen molar-refractivity contribution in [2.75, 3.05) is 0 Å². The van der Waals surface area contributed by atoms with Gasteiger partial charge in [0.2, 0.25) is 0 Å². The van der Waals surface area contributed by atoms with Gasteiger partial charge in [0.25, 0.3) is 0 Å². The topological polar surface area (TPSA) is 46.2 Å². The van der Waals surface area contributed by atoms with Crippen molar-refractivity contribution in [3.05, 3.63) is 70.8 Å². The predicted molar refractivity (Wildman–Crippen MR) is 74.2 cm³/mol. The van der Waals surface area contributed by atoms with Gasteiger partial charge in [-0.3, -0.25) is 0 Å². The number of hydrogen-bond donors (Lipinski definition) is 2. The van der Waals surface area contributed by atoms with Gasteiger partial charge in [-0.05, 0) is 24.1 Å². The van der Waals surface area contributed by atoms with Crippen molar-refractivity contribution in [2.45, 2.75) is 25.5 Å². The molecule has 0 heterocycles. The molecule has 2 nitrogen and oxygen atoms in total. The second-order valence-corrected chi connectivity index (χ2v) is 4.87. The summed E-state index contributed by atoms with van der Waals surface area (Å²) in [5.74, 6) is -1.42. The van der Waals surface area contributed by atoms with Crippen LogP contribution in [0.4, 0.5) is 8.78 Å². The number of aryl methyl sites for hydroxylation is 1. The first-order chi connectivity index (χ1) is 9.50. The Kier molecular flexibility index (Phi) is 4.47. The summed E-state index contributed by atoms with van der Waals surface area (Å²) in [7, 11) is 0. The van der Waals surface area contributed by atoms with Crippen LogP contribution in [0.2, 0.25) is 0 Å². The second kappa shape index (κ2) is 6.11. The Morgan fingerprint density at radius 3 is 2.40 bits per heavy atom. The number of rotatable bonds is 4. The summed E-state index contributed by atoms with van der Waals surface area (Å²) in [5.41, 5.74) is 6.74. The van der Waals surface area contributed by atoms with E-state index in [2.05, 4.69) is 0 Å². The third-order valence-corrected chi connectivity index (χ3v) is 3.36. The number of halogens is 2. The zero-order chi connectivity index (χ0) is 14.7. The van der Waals surface area contributed by atoms with Crippen LogP contribution in [-0.4, -0.2) is 11.2 Å². The van der Waals surface area contributed by atoms with E-state index in [0.29, 0.717) is 5.56 Å². The number of benzene rings is 2. The predicted octanol–water partition coefficient (Wildman–Crippen LogP) is 2.88. The molecule has 0 saturated carbocycles. The van der Waals surface area contributed by atoms with Gasteiger partial charge in [-0.2, -0.15) is 0 Å². The van der Waals surface area contributed by atoms with Crippen LogP contribution in [0.25, 0.3) is 0 Å². The smallest absolute Gasteiger partial charge is 0.133 e. The molecule has 0 amide bonds. The van der Waals surface area contributed by atoms with E-state index in [0.717, 1.165) is 5.56 Å². The third kappa shape index (κ3) is 3.03. The molecule has 0 spiro atoms. The van der Waals surface area contributed by atoms with Gasteiger partial charge in [0, 0.05) is 12.0 Å². The van der Waals surface area contributed by atoms with Crippen LogP contribution in [0.3, 0.4) is 0 Å². The van der Waals surface area contributed by atoms with Crippen molar-refractivity contribution in [3.63, 3.8) is 0 Å². The first-order valence-electron chi connectivity index (χ1n) is 6.42. The summed E-state index contributed by atoms with van der Waals surface area (Å²) >= 11 is 0. The minimum atomic E-state index is -1.10. The fourth-order valence-corrected chi connectivity index (χ4v) is 2.16. The van der Waals surface area contributed by atoms with Crippen LogP contribution in [0, 0.1) is 18.6 Å². The van der Waals surface area contributed by atoms with Gasteiger partial charge in [0.05, 0.1) is 12.1 Å². The van der Waals surface area contributed by atoms with Gasteiger partial charge < -0.3 is 10.8 Å². The quantitative estimate of drug-likeness (QED) is 0.902. The molecule has 20 heavy (non-hydrogen) atoms. The van der Waals surface area contributed by atoms with Gasteiger partial charge in [0.1, 0.15) is 11.6 Å². The lowest BCUT2D eigenvalue weighted by Gasteiger charge is -2.21. The van der Waals surface area contributed by atoms with Gasteiger partial charge in [-0.25, -0.2) is 8.78 Å². The molecule has 4 heteroatoms. The summed E-state index contributed by atoms with van der Waals surface area (Å²) in [6, 6.07) is 10.6. The highest BCUT2D eigenvalue weighted by molar-refractivity contribution is 5.30. The molecule has 0 radical (unpaired) electrons. The van der Waals surface area contributed by atoms with Crippen LogP contribution >= 0.6 is 0 Å². The normalized spacial score (nSPS) is 14.1. The van der Waals surface area contributed by atoms with E-state index in [1.807, 2.05) is 30.3 Å². The molecule has 0 unspecified atom stereocenters. The first-order valence-corrected chi connectivity index (χ1v) is 6.42. The maximum absolute atomic E-state index is 14.0. The van der Waals surface area contributed by atoms with Crippen molar-refractivity contribution in [3.8, 4) is 0 Å². The monoisotopic (exact) mass is 277 g/mol. The lowest BCUT2D eigenvalue weighted by Crippen LogP contribution is -2.30. The van der Waals surface area contributed by atoms with Crippen molar-refractivity contribution in [2.24, 2.45) is 5.73 Å². The van der Waals surface area contributed by atoms with Crippen LogP contribution in [-0.2, 0) is 6.42 Å². The van der Waals surface area contributed by atoms with Gasteiger partial charge in [-0.1, -0.05) is 36.4 Å². The zero-order valence-electron chi connectivity index (χ0n) is 11.2. The maximum Gasteiger partial charge on any atom is 0.133 e. The Bertz CT molecular complexity index is 587. The molecule has 106 valence electrons. The highest BCUT2D eigenvalue weighted by atomic mass is 19.1. The van der Waals surface area contributed by atoms with E-state index in [1.54, 1.807) is 0 Å². The van der Waals surface area contributed by atoms with E-state index in [4.69, 9.17) is 5.73 Å². The molecule has 0 saturated heterocycles. The van der Waals surface area contributed by atoms with E-state index < -0.39 is 23.8 Å². The molecule has 0 aliphatic heterocycles. The van der Waals surface area contributed by atoms with Gasteiger partial charge >= 0.3 is 0 Å².